The number of halogens is 2. The highest BCUT2D eigenvalue weighted by Crippen LogP contribution is 2.22. The average Bonchev–Trinajstić information content (AvgIpc) is 2.77. The molecule has 1 heterocycles. The van der Waals surface area contributed by atoms with Crippen LogP contribution in [0.5, 0.6) is 0 Å². The highest BCUT2D eigenvalue weighted by atomic mass is 127. The molecule has 0 aliphatic carbocycles. The summed E-state index contributed by atoms with van der Waals surface area (Å²) in [6, 6.07) is 3.85. The van der Waals surface area contributed by atoms with Crippen molar-refractivity contribution in [1.29, 1.82) is 0 Å². The SMILES string of the molecule is CCNC(=NCCNS(C)(=O)=O)N(C)Cc1ccc(Cl)s1.I. The van der Waals surface area contributed by atoms with Crippen LogP contribution in [0.4, 0.5) is 0 Å². The van der Waals surface area contributed by atoms with Crippen molar-refractivity contribution >= 4 is 62.9 Å². The van der Waals surface area contributed by atoms with E-state index in [9.17, 15) is 8.42 Å². The van der Waals surface area contributed by atoms with E-state index < -0.39 is 10.0 Å². The molecule has 0 fully saturated rings. The first-order chi connectivity index (χ1) is 9.81. The molecule has 0 unspecified atom stereocenters. The Kier molecular flexibility index (Phi) is 10.6. The Balaban J connectivity index is 0.00000441. The summed E-state index contributed by atoms with van der Waals surface area (Å²) in [5.41, 5.74) is 0. The molecule has 22 heavy (non-hydrogen) atoms. The monoisotopic (exact) mass is 480 g/mol. The van der Waals surface area contributed by atoms with Gasteiger partial charge >= 0.3 is 0 Å². The molecule has 0 bridgehead atoms. The van der Waals surface area contributed by atoms with Gasteiger partial charge in [0.1, 0.15) is 0 Å². The Labute approximate surface area is 158 Å². The smallest absolute Gasteiger partial charge is 0.208 e. The molecule has 0 aromatic carbocycles. The van der Waals surface area contributed by atoms with Crippen LogP contribution in [0.3, 0.4) is 0 Å². The van der Waals surface area contributed by atoms with Gasteiger partial charge in [0, 0.05) is 25.0 Å². The minimum atomic E-state index is -3.17. The maximum absolute atomic E-state index is 11.0. The normalized spacial score (nSPS) is 11.9. The average molecular weight is 481 g/mol. The molecule has 0 saturated heterocycles. The number of hydrogen-bond donors (Lipinski definition) is 2. The van der Waals surface area contributed by atoms with E-state index in [1.807, 2.05) is 31.0 Å². The first-order valence-corrected chi connectivity index (χ1v) is 9.58. The van der Waals surface area contributed by atoms with E-state index in [0.717, 1.165) is 28.0 Å². The second-order valence-electron chi connectivity index (χ2n) is 4.46. The van der Waals surface area contributed by atoms with Gasteiger partial charge in [-0.05, 0) is 19.1 Å². The highest BCUT2D eigenvalue weighted by molar-refractivity contribution is 14.0. The summed E-state index contributed by atoms with van der Waals surface area (Å²) in [5.74, 6) is 0.734. The quantitative estimate of drug-likeness (QED) is 0.271. The highest BCUT2D eigenvalue weighted by Gasteiger charge is 2.08. The minimum Gasteiger partial charge on any atom is -0.357 e. The van der Waals surface area contributed by atoms with Crippen LogP contribution in [-0.2, 0) is 16.6 Å². The zero-order valence-electron chi connectivity index (χ0n) is 12.8. The third kappa shape index (κ3) is 9.13. The van der Waals surface area contributed by atoms with Gasteiger partial charge in [-0.2, -0.15) is 0 Å². The lowest BCUT2D eigenvalue weighted by atomic mass is 10.4. The molecular formula is C12H22ClIN4O2S2. The summed E-state index contributed by atoms with van der Waals surface area (Å²) in [6.07, 6.45) is 1.13. The molecule has 0 amide bonds. The Morgan fingerprint density at radius 1 is 1.45 bits per heavy atom. The van der Waals surface area contributed by atoms with Crippen molar-refractivity contribution in [1.82, 2.24) is 14.9 Å². The molecule has 128 valence electrons. The topological polar surface area (TPSA) is 73.8 Å². The third-order valence-corrected chi connectivity index (χ3v) is 4.40. The zero-order valence-corrected chi connectivity index (χ0v) is 17.5. The maximum Gasteiger partial charge on any atom is 0.208 e. The zero-order chi connectivity index (χ0) is 15.9. The fraction of sp³-hybridized carbons (Fsp3) is 0.583. The van der Waals surface area contributed by atoms with Crippen molar-refractivity contribution in [3.8, 4) is 0 Å². The summed E-state index contributed by atoms with van der Waals surface area (Å²) < 4.78 is 25.1. The number of aliphatic imine (C=N–C) groups is 1. The van der Waals surface area contributed by atoms with Crippen molar-refractivity contribution in [3.63, 3.8) is 0 Å². The molecule has 1 rings (SSSR count). The van der Waals surface area contributed by atoms with Gasteiger partial charge in [-0.3, -0.25) is 4.99 Å². The minimum absolute atomic E-state index is 0. The van der Waals surface area contributed by atoms with Gasteiger partial charge in [0.15, 0.2) is 5.96 Å². The van der Waals surface area contributed by atoms with E-state index in [-0.39, 0.29) is 30.5 Å². The van der Waals surface area contributed by atoms with Gasteiger partial charge in [0.2, 0.25) is 10.0 Å². The van der Waals surface area contributed by atoms with E-state index >= 15 is 0 Å². The molecule has 0 saturated carbocycles. The van der Waals surface area contributed by atoms with Crippen LogP contribution in [0.25, 0.3) is 0 Å². The standard InChI is InChI=1S/C12H21ClN4O2S2.HI/c1-4-14-12(15-7-8-16-21(3,18)19)17(2)9-10-5-6-11(13)20-10;/h5-6,16H,4,7-9H2,1-3H3,(H,14,15);1H. The fourth-order valence-electron chi connectivity index (χ4n) is 1.61. The fourth-order valence-corrected chi connectivity index (χ4v) is 3.21. The lowest BCUT2D eigenvalue weighted by Crippen LogP contribution is -2.39. The molecule has 0 aliphatic rings. The predicted octanol–water partition coefficient (Wildman–Crippen LogP) is 1.97. The van der Waals surface area contributed by atoms with Crippen LogP contribution in [0, 0.1) is 0 Å². The van der Waals surface area contributed by atoms with E-state index in [1.54, 1.807) is 0 Å². The van der Waals surface area contributed by atoms with E-state index in [0.29, 0.717) is 13.1 Å². The Morgan fingerprint density at radius 3 is 2.64 bits per heavy atom. The third-order valence-electron chi connectivity index (χ3n) is 2.46. The van der Waals surface area contributed by atoms with E-state index in [1.165, 1.54) is 11.3 Å². The maximum atomic E-state index is 11.0. The van der Waals surface area contributed by atoms with Gasteiger partial charge in [0.05, 0.1) is 23.7 Å². The molecule has 1 aromatic rings. The number of nitrogens with zero attached hydrogens (tertiary/aromatic N) is 2. The number of hydrogen-bond acceptors (Lipinski definition) is 4. The number of guanidine groups is 1. The van der Waals surface area contributed by atoms with Crippen molar-refractivity contribution in [2.75, 3.05) is 32.9 Å². The van der Waals surface area contributed by atoms with Crippen LogP contribution in [0.15, 0.2) is 17.1 Å². The molecule has 2 N–H and O–H groups in total. The van der Waals surface area contributed by atoms with Crippen molar-refractivity contribution < 1.29 is 8.42 Å². The summed E-state index contributed by atoms with van der Waals surface area (Å²) >= 11 is 7.45. The van der Waals surface area contributed by atoms with E-state index in [4.69, 9.17) is 11.6 Å². The van der Waals surface area contributed by atoms with Crippen molar-refractivity contribution in [2.24, 2.45) is 4.99 Å². The second kappa shape index (κ2) is 10.6. The molecule has 1 aromatic heterocycles. The number of rotatable bonds is 7. The molecule has 0 aliphatic heterocycles. The summed E-state index contributed by atoms with van der Waals surface area (Å²) in [7, 11) is -1.24. The number of sulfonamides is 1. The molecule has 0 spiro atoms. The van der Waals surface area contributed by atoms with Gasteiger partial charge in [0.25, 0.3) is 0 Å². The number of nitrogens with one attached hydrogen (secondary N) is 2. The van der Waals surface area contributed by atoms with Gasteiger partial charge in [-0.25, -0.2) is 13.1 Å². The van der Waals surface area contributed by atoms with Crippen LogP contribution >= 0.6 is 46.9 Å². The van der Waals surface area contributed by atoms with Crippen molar-refractivity contribution in [3.05, 3.63) is 21.3 Å². The first kappa shape index (κ1) is 21.9. The molecular weight excluding hydrogens is 459 g/mol. The van der Waals surface area contributed by atoms with Gasteiger partial charge in [-0.15, -0.1) is 35.3 Å². The Hall–Kier alpha value is -0.1000. The number of thiophene rings is 1. The Morgan fingerprint density at radius 2 is 2.14 bits per heavy atom. The summed E-state index contributed by atoms with van der Waals surface area (Å²) in [6.45, 7) is 4.09. The van der Waals surface area contributed by atoms with Gasteiger partial charge < -0.3 is 10.2 Å². The summed E-state index contributed by atoms with van der Waals surface area (Å²) in [4.78, 5) is 7.51. The van der Waals surface area contributed by atoms with Crippen LogP contribution in [0.2, 0.25) is 4.34 Å². The largest absolute Gasteiger partial charge is 0.357 e. The van der Waals surface area contributed by atoms with Crippen LogP contribution in [0.1, 0.15) is 11.8 Å². The molecule has 6 nitrogen and oxygen atoms in total. The van der Waals surface area contributed by atoms with Crippen LogP contribution in [-0.4, -0.2) is 52.2 Å². The lowest BCUT2D eigenvalue weighted by Gasteiger charge is -2.21. The summed E-state index contributed by atoms with van der Waals surface area (Å²) in [5, 5.41) is 3.18. The van der Waals surface area contributed by atoms with Crippen LogP contribution < -0.4 is 10.0 Å². The first-order valence-electron chi connectivity index (χ1n) is 6.50. The second-order valence-corrected chi connectivity index (χ2v) is 8.10. The lowest BCUT2D eigenvalue weighted by molar-refractivity contribution is 0.481. The Bertz CT molecular complexity index is 577. The van der Waals surface area contributed by atoms with Crippen molar-refractivity contribution in [2.45, 2.75) is 13.5 Å². The molecule has 0 atom stereocenters. The predicted molar refractivity (Wildman–Crippen MR) is 105 cm³/mol. The van der Waals surface area contributed by atoms with Gasteiger partial charge in [-0.1, -0.05) is 11.6 Å². The van der Waals surface area contributed by atoms with E-state index in [2.05, 4.69) is 15.0 Å². The molecule has 0 radical (unpaired) electrons. The molecule has 10 heteroatoms.